The molecule has 1 amide bonds. The Labute approximate surface area is 164 Å². The van der Waals surface area contributed by atoms with E-state index in [9.17, 15) is 57.5 Å². The molecular formula is C15H8F12N2O2. The second-order valence-corrected chi connectivity index (χ2v) is 5.95. The minimum atomic E-state index is -7.14. The highest BCUT2D eigenvalue weighted by Crippen LogP contribution is 2.60. The first-order valence-corrected chi connectivity index (χ1v) is 7.57. The molecule has 31 heavy (non-hydrogen) atoms. The van der Waals surface area contributed by atoms with E-state index in [-0.39, 0.29) is 5.56 Å². The summed E-state index contributed by atoms with van der Waals surface area (Å²) in [6.45, 7) is 3.29. The number of nitrogens with one attached hydrogen (secondary N) is 1. The summed E-state index contributed by atoms with van der Waals surface area (Å²) in [5.74, 6) is -10.2. The first-order chi connectivity index (χ1) is 13.8. The number of rotatable bonds is 4. The van der Waals surface area contributed by atoms with Gasteiger partial charge < -0.3 is 5.32 Å². The van der Waals surface area contributed by atoms with Gasteiger partial charge >= 0.3 is 36.3 Å². The van der Waals surface area contributed by atoms with Crippen LogP contribution >= 0.6 is 0 Å². The van der Waals surface area contributed by atoms with Gasteiger partial charge in [0.25, 0.3) is 5.91 Å². The Balaban J connectivity index is 2.68. The van der Waals surface area contributed by atoms with Crippen LogP contribution in [0.1, 0.15) is 5.56 Å². The fourth-order valence-corrected chi connectivity index (χ4v) is 2.38. The van der Waals surface area contributed by atoms with Gasteiger partial charge in [-0.15, -0.1) is 4.90 Å². The Bertz CT molecular complexity index is 842. The lowest BCUT2D eigenvalue weighted by Gasteiger charge is -2.51. The number of nitrogens with zero attached hydrogens (tertiary/aromatic N) is 1. The van der Waals surface area contributed by atoms with Gasteiger partial charge in [0.05, 0.1) is 0 Å². The van der Waals surface area contributed by atoms with Crippen LogP contribution in [0.15, 0.2) is 30.8 Å². The van der Waals surface area contributed by atoms with E-state index in [2.05, 4.69) is 6.58 Å². The van der Waals surface area contributed by atoms with E-state index in [1.807, 2.05) is 4.74 Å². The Morgan fingerprint density at radius 1 is 0.903 bits per heavy atom. The standard InChI is InChI=1S/C15H8F12N2O2/c1-2-7-3-5-8(6-4-7)28-9(30)10(16,11(17,18)19)29-12(20,21)14(24,25)31-15(26,27)13(29,22)23/h2-6H,1H2,(H,28,30). The number of ether oxygens (including phenoxy) is 1. The van der Waals surface area contributed by atoms with Crippen LogP contribution < -0.4 is 5.32 Å². The lowest BCUT2D eigenvalue weighted by Crippen LogP contribution is -2.82. The molecule has 1 aliphatic heterocycles. The van der Waals surface area contributed by atoms with Crippen LogP contribution in [0.4, 0.5) is 58.4 Å². The van der Waals surface area contributed by atoms with Crippen molar-refractivity contribution < 1.29 is 62.2 Å². The zero-order chi connectivity index (χ0) is 24.3. The van der Waals surface area contributed by atoms with Gasteiger partial charge in [0.1, 0.15) is 0 Å². The van der Waals surface area contributed by atoms with Crippen molar-refractivity contribution in [2.24, 2.45) is 0 Å². The number of hydrogen-bond donors (Lipinski definition) is 1. The van der Waals surface area contributed by atoms with Gasteiger partial charge in [0.2, 0.25) is 0 Å². The number of carbonyl (C=O) groups is 1. The third-order valence-corrected chi connectivity index (χ3v) is 3.91. The van der Waals surface area contributed by atoms with E-state index < -0.39 is 52.8 Å². The number of benzene rings is 1. The molecule has 1 atom stereocenters. The highest BCUT2D eigenvalue weighted by atomic mass is 19.4. The molecule has 1 aliphatic rings. The Hall–Kier alpha value is -2.49. The van der Waals surface area contributed by atoms with Gasteiger partial charge in [-0.05, 0) is 17.7 Å². The summed E-state index contributed by atoms with van der Waals surface area (Å²) in [5.41, 5.74) is -0.550. The van der Waals surface area contributed by atoms with Gasteiger partial charge in [0.15, 0.2) is 0 Å². The van der Waals surface area contributed by atoms with Crippen LogP contribution in [0.25, 0.3) is 6.08 Å². The summed E-state index contributed by atoms with van der Waals surface area (Å²) < 4.78 is 165. The first-order valence-electron chi connectivity index (χ1n) is 7.57. The summed E-state index contributed by atoms with van der Waals surface area (Å²) in [4.78, 5) is 8.33. The van der Waals surface area contributed by atoms with Crippen molar-refractivity contribution in [2.75, 3.05) is 5.32 Å². The van der Waals surface area contributed by atoms with E-state index in [1.54, 1.807) is 0 Å². The van der Waals surface area contributed by atoms with Gasteiger partial charge in [-0.2, -0.15) is 48.3 Å². The van der Waals surface area contributed by atoms with E-state index in [0.29, 0.717) is 0 Å². The lowest BCUT2D eigenvalue weighted by molar-refractivity contribution is -0.582. The number of hydrogen-bond acceptors (Lipinski definition) is 3. The Morgan fingerprint density at radius 2 is 1.32 bits per heavy atom. The van der Waals surface area contributed by atoms with Crippen molar-refractivity contribution in [3.05, 3.63) is 36.4 Å². The van der Waals surface area contributed by atoms with E-state index in [1.165, 1.54) is 6.08 Å². The van der Waals surface area contributed by atoms with Gasteiger partial charge in [0, 0.05) is 5.69 Å². The predicted molar refractivity (Wildman–Crippen MR) is 77.8 cm³/mol. The van der Waals surface area contributed by atoms with Crippen LogP contribution in [0.5, 0.6) is 0 Å². The van der Waals surface area contributed by atoms with Crippen molar-refractivity contribution >= 4 is 17.7 Å². The van der Waals surface area contributed by atoms with Crippen molar-refractivity contribution in [2.45, 2.75) is 36.3 Å². The normalized spacial score (nSPS) is 24.1. The molecule has 4 nitrogen and oxygen atoms in total. The first kappa shape index (κ1) is 24.8. The van der Waals surface area contributed by atoms with Gasteiger partial charge in [-0.3, -0.25) is 4.79 Å². The molecule has 1 saturated heterocycles. The summed E-state index contributed by atoms with van der Waals surface area (Å²) in [6.07, 6.45) is -19.5. The molecule has 0 radical (unpaired) electrons. The third kappa shape index (κ3) is 3.60. The number of anilines is 1. The minimum Gasteiger partial charge on any atom is -0.322 e. The average Bonchev–Trinajstić information content (AvgIpc) is 2.58. The minimum absolute atomic E-state index is 0.269. The molecule has 0 spiro atoms. The highest BCUT2D eigenvalue weighted by Gasteiger charge is 2.90. The smallest absolute Gasteiger partial charge is 0.322 e. The number of alkyl halides is 12. The van der Waals surface area contributed by atoms with Crippen LogP contribution in [-0.2, 0) is 9.53 Å². The molecule has 0 bridgehead atoms. The SMILES string of the molecule is C=Cc1ccc(NC(=O)C(F)(N2C(F)(F)C(F)(F)OC(F)(F)C2(F)F)C(F)(F)F)cc1. The highest BCUT2D eigenvalue weighted by molar-refractivity contribution is 5.97. The average molecular weight is 476 g/mol. The zero-order valence-corrected chi connectivity index (χ0v) is 14.4. The molecule has 1 N–H and O–H groups in total. The number of carbonyl (C=O) groups excluding carboxylic acids is 1. The zero-order valence-electron chi connectivity index (χ0n) is 14.4. The van der Waals surface area contributed by atoms with Crippen LogP contribution in [0.3, 0.4) is 0 Å². The van der Waals surface area contributed by atoms with Crippen molar-refractivity contribution in [1.29, 1.82) is 0 Å². The molecule has 1 unspecified atom stereocenters. The lowest BCUT2D eigenvalue weighted by atomic mass is 10.1. The van der Waals surface area contributed by atoms with Crippen LogP contribution in [0.2, 0.25) is 0 Å². The second kappa shape index (κ2) is 7.01. The maximum atomic E-state index is 14.8. The summed E-state index contributed by atoms with van der Waals surface area (Å²) >= 11 is 0. The molecule has 174 valence electrons. The summed E-state index contributed by atoms with van der Waals surface area (Å²) in [5, 5.41) is 0.961. The Morgan fingerprint density at radius 3 is 1.68 bits per heavy atom. The second-order valence-electron chi connectivity index (χ2n) is 5.95. The number of halogens is 12. The largest absolute Gasteiger partial charge is 0.446 e. The molecule has 1 heterocycles. The number of amides is 1. The maximum absolute atomic E-state index is 14.8. The van der Waals surface area contributed by atoms with Crippen molar-refractivity contribution in [3.8, 4) is 0 Å². The van der Waals surface area contributed by atoms with Crippen LogP contribution in [-0.4, -0.2) is 47.1 Å². The molecule has 1 aromatic rings. The fraction of sp³-hybridized carbons (Fsp3) is 0.400. The van der Waals surface area contributed by atoms with E-state index >= 15 is 0 Å². The fourth-order valence-electron chi connectivity index (χ4n) is 2.38. The van der Waals surface area contributed by atoms with E-state index in [4.69, 9.17) is 0 Å². The van der Waals surface area contributed by atoms with Gasteiger partial charge in [-0.25, -0.2) is 9.13 Å². The molecule has 0 saturated carbocycles. The van der Waals surface area contributed by atoms with Gasteiger partial charge in [-0.1, -0.05) is 24.8 Å². The maximum Gasteiger partial charge on any atom is 0.446 e. The van der Waals surface area contributed by atoms with Crippen LogP contribution in [0, 0.1) is 0 Å². The summed E-state index contributed by atoms with van der Waals surface area (Å²) in [7, 11) is 0. The monoisotopic (exact) mass is 476 g/mol. The molecule has 1 fully saturated rings. The molecule has 0 aromatic heterocycles. The Kier molecular flexibility index (Phi) is 5.60. The molecule has 0 aliphatic carbocycles. The predicted octanol–water partition coefficient (Wildman–Crippen LogP) is 5.20. The van der Waals surface area contributed by atoms with E-state index in [0.717, 1.165) is 29.6 Å². The topological polar surface area (TPSA) is 41.6 Å². The summed E-state index contributed by atoms with van der Waals surface area (Å²) in [6, 6.07) is -10.7. The molecule has 2 rings (SSSR count). The molecule has 16 heteroatoms. The quantitative estimate of drug-likeness (QED) is 0.480. The third-order valence-electron chi connectivity index (χ3n) is 3.91. The number of morpholine rings is 1. The molecular weight excluding hydrogens is 468 g/mol. The molecule has 1 aromatic carbocycles. The van der Waals surface area contributed by atoms with Crippen molar-refractivity contribution in [3.63, 3.8) is 0 Å². The van der Waals surface area contributed by atoms with Crippen molar-refractivity contribution in [1.82, 2.24) is 4.90 Å².